The molecule has 5 heteroatoms. The van der Waals surface area contributed by atoms with Gasteiger partial charge in [0.1, 0.15) is 0 Å². The van der Waals surface area contributed by atoms with Gasteiger partial charge in [-0.1, -0.05) is 36.5 Å². The third kappa shape index (κ3) is 5.20. The van der Waals surface area contributed by atoms with Crippen molar-refractivity contribution in [3.05, 3.63) is 29.3 Å². The van der Waals surface area contributed by atoms with E-state index in [2.05, 4.69) is 10.5 Å². The Morgan fingerprint density at radius 2 is 2.00 bits per heavy atom. The number of Topliss-reactive ketones (excluding diaryl/α,β-unsaturated/α-hetero) is 1. The molecular formula is C12H14Cl2N2O. The second kappa shape index (κ2) is 7.30. The van der Waals surface area contributed by atoms with Gasteiger partial charge < -0.3 is 0 Å². The minimum Gasteiger partial charge on any atom is -0.291 e. The van der Waals surface area contributed by atoms with E-state index in [0.29, 0.717) is 11.4 Å². The Bertz CT molecular complexity index is 401. The quantitative estimate of drug-likeness (QED) is 0.627. The lowest BCUT2D eigenvalue weighted by Crippen LogP contribution is -2.09. The van der Waals surface area contributed by atoms with Crippen molar-refractivity contribution in [3.63, 3.8) is 0 Å². The molecule has 1 aromatic carbocycles. The summed E-state index contributed by atoms with van der Waals surface area (Å²) in [7, 11) is 0. The molecule has 0 aliphatic heterocycles. The maximum absolute atomic E-state index is 11.5. The number of anilines is 1. The van der Waals surface area contributed by atoms with Gasteiger partial charge in [-0.05, 0) is 30.7 Å². The number of hydrogen-bond donors (Lipinski definition) is 1. The van der Waals surface area contributed by atoms with Crippen molar-refractivity contribution in [2.24, 2.45) is 5.10 Å². The van der Waals surface area contributed by atoms with Gasteiger partial charge in [0.2, 0.25) is 0 Å². The van der Waals surface area contributed by atoms with Gasteiger partial charge in [0.05, 0.1) is 5.69 Å². The van der Waals surface area contributed by atoms with E-state index >= 15 is 0 Å². The van der Waals surface area contributed by atoms with E-state index in [1.54, 1.807) is 24.3 Å². The van der Waals surface area contributed by atoms with E-state index < -0.39 is 0 Å². The number of nitrogens with zero attached hydrogens (tertiary/aromatic N) is 1. The standard InChI is InChI=1S/C12H14Cl2N2O/c1-2-3-4-11(17)12(14)16-15-10-7-5-9(13)6-8-10/h5-8,15H,2-4H2,1H3/b16-12-. The van der Waals surface area contributed by atoms with Crippen LogP contribution in [-0.4, -0.2) is 11.0 Å². The van der Waals surface area contributed by atoms with E-state index in [4.69, 9.17) is 23.2 Å². The molecule has 0 aliphatic carbocycles. The molecule has 17 heavy (non-hydrogen) atoms. The highest BCUT2D eigenvalue weighted by Crippen LogP contribution is 2.13. The second-order valence-corrected chi connectivity index (χ2v) is 4.34. The van der Waals surface area contributed by atoms with E-state index in [9.17, 15) is 4.79 Å². The Kier molecular flexibility index (Phi) is 6.01. The summed E-state index contributed by atoms with van der Waals surface area (Å²) in [6.07, 6.45) is 2.22. The Morgan fingerprint density at radius 3 is 2.59 bits per heavy atom. The molecule has 0 aliphatic rings. The molecule has 0 saturated carbocycles. The number of nitrogens with one attached hydrogen (secondary N) is 1. The lowest BCUT2D eigenvalue weighted by atomic mass is 10.2. The lowest BCUT2D eigenvalue weighted by Gasteiger charge is -2.01. The summed E-state index contributed by atoms with van der Waals surface area (Å²) in [6, 6.07) is 6.97. The van der Waals surface area contributed by atoms with Crippen LogP contribution >= 0.6 is 23.2 Å². The molecular weight excluding hydrogens is 259 g/mol. The van der Waals surface area contributed by atoms with Crippen LogP contribution in [0.1, 0.15) is 26.2 Å². The van der Waals surface area contributed by atoms with Gasteiger partial charge in [-0.25, -0.2) is 0 Å². The minimum atomic E-state index is -0.144. The number of hydrazone groups is 1. The van der Waals surface area contributed by atoms with Crippen LogP contribution in [0.5, 0.6) is 0 Å². The van der Waals surface area contributed by atoms with Gasteiger partial charge in [0, 0.05) is 11.4 Å². The van der Waals surface area contributed by atoms with Crippen LogP contribution in [0.25, 0.3) is 0 Å². The maximum Gasteiger partial charge on any atom is 0.194 e. The van der Waals surface area contributed by atoms with Crippen LogP contribution in [0.4, 0.5) is 5.69 Å². The van der Waals surface area contributed by atoms with E-state index in [1.807, 2.05) is 6.92 Å². The molecule has 0 spiro atoms. The fraction of sp³-hybridized carbons (Fsp3) is 0.333. The number of carbonyl (C=O) groups excluding carboxylic acids is 1. The van der Waals surface area contributed by atoms with Crippen LogP contribution in [0, 0.1) is 0 Å². The molecule has 0 radical (unpaired) electrons. The predicted octanol–water partition coefficient (Wildman–Crippen LogP) is 4.06. The highest BCUT2D eigenvalue weighted by Gasteiger charge is 2.07. The number of unbranched alkanes of at least 4 members (excludes halogenated alkanes) is 1. The number of hydrogen-bond acceptors (Lipinski definition) is 3. The van der Waals surface area contributed by atoms with Gasteiger partial charge in [-0.3, -0.25) is 10.2 Å². The summed E-state index contributed by atoms with van der Waals surface area (Å²) in [5.41, 5.74) is 3.44. The molecule has 0 amide bonds. The molecule has 0 heterocycles. The zero-order valence-corrected chi connectivity index (χ0v) is 11.1. The topological polar surface area (TPSA) is 41.5 Å². The van der Waals surface area contributed by atoms with Crippen molar-refractivity contribution in [3.8, 4) is 0 Å². The molecule has 1 aromatic rings. The summed E-state index contributed by atoms with van der Waals surface area (Å²) in [6.45, 7) is 2.02. The van der Waals surface area contributed by atoms with Crippen molar-refractivity contribution in [1.29, 1.82) is 0 Å². The first-order chi connectivity index (χ1) is 8.13. The molecule has 0 atom stereocenters. The van der Waals surface area contributed by atoms with Crippen molar-refractivity contribution < 1.29 is 4.79 Å². The van der Waals surface area contributed by atoms with Crippen molar-refractivity contribution >= 4 is 39.8 Å². The first kappa shape index (κ1) is 14.0. The highest BCUT2D eigenvalue weighted by atomic mass is 35.5. The fourth-order valence-electron chi connectivity index (χ4n) is 1.14. The van der Waals surface area contributed by atoms with Gasteiger partial charge >= 0.3 is 0 Å². The number of rotatable bonds is 6. The van der Waals surface area contributed by atoms with Crippen molar-refractivity contribution in [2.45, 2.75) is 26.2 Å². The molecule has 0 aromatic heterocycles. The zero-order chi connectivity index (χ0) is 12.7. The van der Waals surface area contributed by atoms with Gasteiger partial charge in [0.15, 0.2) is 11.0 Å². The molecule has 0 fully saturated rings. The van der Waals surface area contributed by atoms with Crippen molar-refractivity contribution in [1.82, 2.24) is 0 Å². The predicted molar refractivity (Wildman–Crippen MR) is 72.9 cm³/mol. The Morgan fingerprint density at radius 1 is 1.35 bits per heavy atom. The number of ketones is 1. The smallest absolute Gasteiger partial charge is 0.194 e. The van der Waals surface area contributed by atoms with E-state index in [0.717, 1.165) is 18.5 Å². The molecule has 1 rings (SSSR count). The largest absolute Gasteiger partial charge is 0.291 e. The van der Waals surface area contributed by atoms with Crippen LogP contribution in [0.2, 0.25) is 5.02 Å². The number of benzene rings is 1. The molecule has 1 N–H and O–H groups in total. The summed E-state index contributed by atoms with van der Waals surface area (Å²) >= 11 is 11.5. The molecule has 0 saturated heterocycles. The molecule has 92 valence electrons. The monoisotopic (exact) mass is 272 g/mol. The summed E-state index contributed by atoms with van der Waals surface area (Å²) in [5.74, 6) is -0.144. The Balaban J connectivity index is 2.52. The summed E-state index contributed by atoms with van der Waals surface area (Å²) in [5, 5.41) is 4.44. The third-order valence-electron chi connectivity index (χ3n) is 2.11. The average molecular weight is 273 g/mol. The molecule has 0 unspecified atom stereocenters. The summed E-state index contributed by atoms with van der Waals surface area (Å²) < 4.78 is 0. The second-order valence-electron chi connectivity index (χ2n) is 3.55. The maximum atomic E-state index is 11.5. The lowest BCUT2D eigenvalue weighted by molar-refractivity contribution is -0.112. The zero-order valence-electron chi connectivity index (χ0n) is 9.54. The number of carbonyl (C=O) groups is 1. The first-order valence-electron chi connectivity index (χ1n) is 5.41. The normalized spacial score (nSPS) is 11.4. The minimum absolute atomic E-state index is 0.0200. The fourth-order valence-corrected chi connectivity index (χ4v) is 1.40. The Labute approximate surface area is 111 Å². The Hall–Kier alpha value is -1.06. The third-order valence-corrected chi connectivity index (χ3v) is 2.66. The van der Waals surface area contributed by atoms with Gasteiger partial charge in [-0.15, -0.1) is 0 Å². The number of halogens is 2. The van der Waals surface area contributed by atoms with Crippen LogP contribution in [0.3, 0.4) is 0 Å². The molecule has 0 bridgehead atoms. The van der Waals surface area contributed by atoms with E-state index in [-0.39, 0.29) is 11.0 Å². The van der Waals surface area contributed by atoms with Crippen LogP contribution in [0.15, 0.2) is 29.4 Å². The highest BCUT2D eigenvalue weighted by molar-refractivity contribution is 6.83. The summed E-state index contributed by atoms with van der Waals surface area (Å²) in [4.78, 5) is 11.5. The average Bonchev–Trinajstić information content (AvgIpc) is 2.34. The molecule has 3 nitrogen and oxygen atoms in total. The van der Waals surface area contributed by atoms with E-state index in [1.165, 1.54) is 0 Å². The van der Waals surface area contributed by atoms with Gasteiger partial charge in [0.25, 0.3) is 0 Å². The van der Waals surface area contributed by atoms with Crippen LogP contribution in [-0.2, 0) is 4.79 Å². The van der Waals surface area contributed by atoms with Crippen molar-refractivity contribution in [2.75, 3.05) is 5.43 Å². The van der Waals surface area contributed by atoms with Gasteiger partial charge in [-0.2, -0.15) is 5.10 Å². The van der Waals surface area contributed by atoms with Crippen LogP contribution < -0.4 is 5.43 Å². The SMILES string of the molecule is CCCCC(=O)/C(Cl)=N/Nc1ccc(Cl)cc1. The first-order valence-corrected chi connectivity index (χ1v) is 6.17.